The number of rotatable bonds is 7. The van der Waals surface area contributed by atoms with Gasteiger partial charge in [0.25, 0.3) is 5.91 Å². The summed E-state index contributed by atoms with van der Waals surface area (Å²) in [5.41, 5.74) is 4.55. The number of hydrogen-bond acceptors (Lipinski definition) is 4. The molecule has 0 atom stereocenters. The van der Waals surface area contributed by atoms with Gasteiger partial charge in [-0.3, -0.25) is 4.79 Å². The van der Waals surface area contributed by atoms with Crippen molar-refractivity contribution in [1.82, 2.24) is 9.47 Å². The first-order valence-electron chi connectivity index (χ1n) is 9.08. The number of likely N-dealkylation sites (N-methyl/N-ethyl adjacent to an activating group) is 1. The van der Waals surface area contributed by atoms with Crippen molar-refractivity contribution in [1.29, 1.82) is 0 Å². The Labute approximate surface area is 169 Å². The summed E-state index contributed by atoms with van der Waals surface area (Å²) >= 11 is 1.59. The summed E-state index contributed by atoms with van der Waals surface area (Å²) in [6.45, 7) is 4.80. The van der Waals surface area contributed by atoms with Crippen LogP contribution < -0.4 is 0 Å². The van der Waals surface area contributed by atoms with Crippen LogP contribution in [0.25, 0.3) is 0 Å². The van der Waals surface area contributed by atoms with Crippen LogP contribution in [0.15, 0.2) is 53.2 Å². The summed E-state index contributed by atoms with van der Waals surface area (Å²) in [5, 5.41) is 3.97. The Morgan fingerprint density at radius 3 is 2.54 bits per heavy atom. The molecule has 2 heterocycles. The summed E-state index contributed by atoms with van der Waals surface area (Å²) < 4.78 is 7.37. The number of benzene rings is 1. The number of hydrogen-bond donors (Lipinski definition) is 0. The zero-order chi connectivity index (χ0) is 20.1. The highest BCUT2D eigenvalue weighted by Crippen LogP contribution is 2.18. The van der Waals surface area contributed by atoms with E-state index in [2.05, 4.69) is 16.7 Å². The number of ether oxygens (including phenoxy) is 1. The molecular formula is C22H24N2O3S. The lowest BCUT2D eigenvalue weighted by Gasteiger charge is -2.16. The quantitative estimate of drug-likeness (QED) is 0.567. The van der Waals surface area contributed by atoms with Gasteiger partial charge in [-0.1, -0.05) is 30.3 Å². The molecule has 0 unspecified atom stereocenters. The Bertz CT molecular complexity index is 946. The molecule has 0 aliphatic rings. The number of amides is 1. The molecule has 3 rings (SSSR count). The normalized spacial score (nSPS) is 10.7. The van der Waals surface area contributed by atoms with E-state index in [9.17, 15) is 9.59 Å². The van der Waals surface area contributed by atoms with E-state index >= 15 is 0 Å². The molecule has 0 spiro atoms. The third kappa shape index (κ3) is 4.70. The molecular weight excluding hydrogens is 372 g/mol. The fourth-order valence-electron chi connectivity index (χ4n) is 3.08. The van der Waals surface area contributed by atoms with E-state index in [1.165, 1.54) is 0 Å². The van der Waals surface area contributed by atoms with Gasteiger partial charge in [0.1, 0.15) is 0 Å². The van der Waals surface area contributed by atoms with Crippen molar-refractivity contribution in [3.8, 4) is 0 Å². The third-order valence-corrected chi connectivity index (χ3v) is 5.46. The first-order chi connectivity index (χ1) is 13.5. The van der Waals surface area contributed by atoms with Crippen LogP contribution in [-0.2, 0) is 22.6 Å². The lowest BCUT2D eigenvalue weighted by molar-refractivity contribution is -0.133. The first kappa shape index (κ1) is 19.9. The molecule has 3 aromatic rings. The van der Waals surface area contributed by atoms with Crippen LogP contribution in [0, 0.1) is 13.8 Å². The van der Waals surface area contributed by atoms with E-state index in [0.29, 0.717) is 18.7 Å². The summed E-state index contributed by atoms with van der Waals surface area (Å²) in [5.74, 6) is -0.692. The second-order valence-electron chi connectivity index (χ2n) is 6.81. The second-order valence-corrected chi connectivity index (χ2v) is 7.59. The largest absolute Gasteiger partial charge is 0.452 e. The molecule has 1 amide bonds. The smallest absolute Gasteiger partial charge is 0.340 e. The molecule has 0 saturated carbocycles. The van der Waals surface area contributed by atoms with Gasteiger partial charge in [0, 0.05) is 31.5 Å². The molecule has 0 bridgehead atoms. The van der Waals surface area contributed by atoms with Gasteiger partial charge in [-0.25, -0.2) is 4.79 Å². The van der Waals surface area contributed by atoms with Crippen LogP contribution in [0.1, 0.15) is 32.9 Å². The molecule has 5 nitrogen and oxygen atoms in total. The Morgan fingerprint density at radius 1 is 1.11 bits per heavy atom. The van der Waals surface area contributed by atoms with Gasteiger partial charge in [0.05, 0.1) is 5.56 Å². The Hall–Kier alpha value is -2.86. The SMILES string of the molecule is Cc1cc(C(=O)OCC(=O)N(C)Cc2ccsc2)c(C)n1Cc1ccccc1. The summed E-state index contributed by atoms with van der Waals surface area (Å²) in [4.78, 5) is 26.3. The number of carbonyl (C=O) groups is 2. The van der Waals surface area contributed by atoms with Gasteiger partial charge in [-0.2, -0.15) is 11.3 Å². The lowest BCUT2D eigenvalue weighted by atomic mass is 10.2. The van der Waals surface area contributed by atoms with E-state index in [1.54, 1.807) is 23.3 Å². The average Bonchev–Trinajstić information content (AvgIpc) is 3.30. The molecule has 0 aliphatic heterocycles. The third-order valence-electron chi connectivity index (χ3n) is 4.73. The number of thiophene rings is 1. The minimum absolute atomic E-state index is 0.224. The number of nitrogens with zero attached hydrogens (tertiary/aromatic N) is 2. The maximum Gasteiger partial charge on any atom is 0.340 e. The maximum atomic E-state index is 12.5. The highest BCUT2D eigenvalue weighted by atomic mass is 32.1. The van der Waals surface area contributed by atoms with Crippen LogP contribution in [0.2, 0.25) is 0 Å². The highest BCUT2D eigenvalue weighted by molar-refractivity contribution is 7.07. The summed E-state index contributed by atoms with van der Waals surface area (Å²) in [6, 6.07) is 13.9. The Kier molecular flexibility index (Phi) is 6.31. The minimum Gasteiger partial charge on any atom is -0.452 e. The van der Waals surface area contributed by atoms with Crippen molar-refractivity contribution in [3.05, 3.63) is 81.3 Å². The molecule has 0 aliphatic carbocycles. The molecule has 0 radical (unpaired) electrons. The molecule has 0 fully saturated rings. The molecule has 0 saturated heterocycles. The molecule has 28 heavy (non-hydrogen) atoms. The van der Waals surface area contributed by atoms with Gasteiger partial charge < -0.3 is 14.2 Å². The van der Waals surface area contributed by atoms with Crippen molar-refractivity contribution in [3.63, 3.8) is 0 Å². The lowest BCUT2D eigenvalue weighted by Crippen LogP contribution is -2.30. The average molecular weight is 397 g/mol. The van der Waals surface area contributed by atoms with Crippen molar-refractivity contribution in [2.75, 3.05) is 13.7 Å². The van der Waals surface area contributed by atoms with Gasteiger partial charge >= 0.3 is 5.97 Å². The number of aryl methyl sites for hydroxylation is 1. The summed E-state index contributed by atoms with van der Waals surface area (Å²) in [6.07, 6.45) is 0. The van der Waals surface area contributed by atoms with E-state index in [1.807, 2.05) is 54.9 Å². The fraction of sp³-hybridized carbons (Fsp3) is 0.273. The molecule has 146 valence electrons. The van der Waals surface area contributed by atoms with Crippen molar-refractivity contribution >= 4 is 23.2 Å². The molecule has 0 N–H and O–H groups in total. The van der Waals surface area contributed by atoms with Crippen molar-refractivity contribution < 1.29 is 14.3 Å². The second kappa shape index (κ2) is 8.89. The van der Waals surface area contributed by atoms with Gasteiger partial charge in [0.2, 0.25) is 0 Å². The van der Waals surface area contributed by atoms with Crippen LogP contribution in [-0.4, -0.2) is 35.0 Å². The fourth-order valence-corrected chi connectivity index (χ4v) is 3.74. The number of esters is 1. The Morgan fingerprint density at radius 2 is 1.86 bits per heavy atom. The van der Waals surface area contributed by atoms with E-state index in [4.69, 9.17) is 4.74 Å². The Balaban J connectivity index is 1.61. The van der Waals surface area contributed by atoms with Crippen LogP contribution >= 0.6 is 11.3 Å². The van der Waals surface area contributed by atoms with E-state index in [-0.39, 0.29) is 12.5 Å². The maximum absolute atomic E-state index is 12.5. The van der Waals surface area contributed by atoms with Gasteiger partial charge in [0.15, 0.2) is 6.61 Å². The van der Waals surface area contributed by atoms with Gasteiger partial charge in [-0.05, 0) is 47.9 Å². The first-order valence-corrected chi connectivity index (χ1v) is 10.0. The molecule has 2 aromatic heterocycles. The zero-order valence-electron chi connectivity index (χ0n) is 16.3. The van der Waals surface area contributed by atoms with Crippen LogP contribution in [0.4, 0.5) is 0 Å². The monoisotopic (exact) mass is 396 g/mol. The topological polar surface area (TPSA) is 51.5 Å². The van der Waals surface area contributed by atoms with E-state index in [0.717, 1.165) is 22.5 Å². The molecule has 6 heteroatoms. The number of aromatic nitrogens is 1. The van der Waals surface area contributed by atoms with Crippen molar-refractivity contribution in [2.24, 2.45) is 0 Å². The summed E-state index contributed by atoms with van der Waals surface area (Å²) in [7, 11) is 1.71. The predicted molar refractivity (Wildman–Crippen MR) is 111 cm³/mol. The van der Waals surface area contributed by atoms with Crippen LogP contribution in [0.3, 0.4) is 0 Å². The minimum atomic E-state index is -0.468. The highest BCUT2D eigenvalue weighted by Gasteiger charge is 2.19. The zero-order valence-corrected chi connectivity index (χ0v) is 17.2. The van der Waals surface area contributed by atoms with Crippen molar-refractivity contribution in [2.45, 2.75) is 26.9 Å². The molecule has 1 aromatic carbocycles. The standard InChI is InChI=1S/C22H24N2O3S/c1-16-11-20(17(2)24(16)13-18-7-5-4-6-8-18)22(26)27-14-21(25)23(3)12-19-9-10-28-15-19/h4-11,15H,12-14H2,1-3H3. The van der Waals surface area contributed by atoms with Crippen LogP contribution in [0.5, 0.6) is 0 Å². The number of carbonyl (C=O) groups excluding carboxylic acids is 2. The predicted octanol–water partition coefficient (Wildman–Crippen LogP) is 4.03. The van der Waals surface area contributed by atoms with Gasteiger partial charge in [-0.15, -0.1) is 0 Å². The van der Waals surface area contributed by atoms with E-state index < -0.39 is 5.97 Å².